The first-order valence-corrected chi connectivity index (χ1v) is 23.1. The Labute approximate surface area is 395 Å². The van der Waals surface area contributed by atoms with Gasteiger partial charge < -0.3 is 4.57 Å². The highest BCUT2D eigenvalue weighted by Gasteiger charge is 2.29. The quantitative estimate of drug-likeness (QED) is 0.159. The van der Waals surface area contributed by atoms with E-state index >= 15 is 0 Å². The van der Waals surface area contributed by atoms with Gasteiger partial charge in [-0.05, 0) is 56.7 Å². The first-order chi connectivity index (χ1) is 31.9. The molecule has 66 heavy (non-hydrogen) atoms. The highest BCUT2D eigenvalue weighted by atomic mass is 15.2. The molecule has 0 N–H and O–H groups in total. The summed E-state index contributed by atoms with van der Waals surface area (Å²) in [5.74, 6) is 1.90. The summed E-state index contributed by atoms with van der Waals surface area (Å²) < 4.78 is 4.94. The highest BCUT2D eigenvalue weighted by Crippen LogP contribution is 2.36. The molecule has 0 aliphatic carbocycles. The van der Waals surface area contributed by atoms with Gasteiger partial charge in [-0.15, -0.1) is 10.9 Å². The Morgan fingerprint density at radius 2 is 0.636 bits per heavy atom. The van der Waals surface area contributed by atoms with Crippen LogP contribution in [-0.4, -0.2) is 103 Å². The zero-order valence-electron chi connectivity index (χ0n) is 39.5. The van der Waals surface area contributed by atoms with Crippen molar-refractivity contribution in [2.45, 2.75) is 0 Å². The fraction of sp³-hybridized carbons (Fsp3) is 0. The van der Waals surface area contributed by atoms with Gasteiger partial charge in [0.25, 0.3) is 0 Å². The van der Waals surface area contributed by atoms with Gasteiger partial charge in [-0.1, -0.05) is 160 Å². The first kappa shape index (κ1) is 41.7. The van der Waals surface area contributed by atoms with E-state index < -0.39 is 0 Å². The minimum absolute atomic E-state index is 0.610. The molecule has 0 saturated carbocycles. The van der Waals surface area contributed by atoms with Crippen LogP contribution in [0.2, 0.25) is 0 Å². The summed E-state index contributed by atoms with van der Waals surface area (Å²) in [6, 6.07) is 49.3. The standard InChI is InChI=1S/C51H43B10N5/c52-35-31-33-36(53)38(55)40(57)42(59)45(33)65(30-21-19-25(20-22-30)29-18-10-17-28(23-29)24-11-4-1-5-12-24)47(31)44(61)48-32(35)34-37(54)39(56)41(58)43(60)46(34)66(48)51-63-49(26-13-6-2-7-14-26)62-50(64-51)27-15-8-3-9-16-27/h1-23H,52-61H2. The summed E-state index contributed by atoms with van der Waals surface area (Å²) in [7, 11) is 23.0. The summed E-state index contributed by atoms with van der Waals surface area (Å²) in [5, 5.41) is 5.14. The van der Waals surface area contributed by atoms with E-state index in [4.69, 9.17) is 15.0 Å². The molecule has 0 atom stereocenters. The molecule has 5 nitrogen and oxygen atoms in total. The average Bonchev–Trinajstić information content (AvgIpc) is 3.93. The van der Waals surface area contributed by atoms with E-state index in [0.717, 1.165) is 27.8 Å². The summed E-state index contributed by atoms with van der Waals surface area (Å²) in [4.78, 5) is 16.0. The van der Waals surface area contributed by atoms with Crippen LogP contribution < -0.4 is 54.6 Å². The summed E-state index contributed by atoms with van der Waals surface area (Å²) in [6.07, 6.45) is 0. The molecule has 0 radical (unpaired) electrons. The monoisotopic (exact) mass is 835 g/mol. The summed E-state index contributed by atoms with van der Waals surface area (Å²) in [5.41, 5.74) is 25.4. The highest BCUT2D eigenvalue weighted by molar-refractivity contribution is 6.71. The first-order valence-electron chi connectivity index (χ1n) is 23.1. The lowest BCUT2D eigenvalue weighted by atomic mass is 9.64. The lowest BCUT2D eigenvalue weighted by Gasteiger charge is -2.17. The number of benzene rings is 8. The second-order valence-corrected chi connectivity index (χ2v) is 18.3. The molecule has 11 aromatic rings. The van der Waals surface area contributed by atoms with Crippen molar-refractivity contribution in [2.24, 2.45) is 0 Å². The predicted molar refractivity (Wildman–Crippen MR) is 312 cm³/mol. The van der Waals surface area contributed by atoms with Gasteiger partial charge in [-0.25, -0.2) is 4.98 Å². The van der Waals surface area contributed by atoms with E-state index in [-0.39, 0.29) is 0 Å². The molecular formula is C51H43B10N5. The number of nitrogens with zero attached hydrogens (tertiary/aromatic N) is 5. The van der Waals surface area contributed by atoms with E-state index in [1.165, 1.54) is 109 Å². The minimum Gasteiger partial charge on any atom is -0.310 e. The van der Waals surface area contributed by atoms with Crippen LogP contribution >= 0.6 is 0 Å². The number of hydrogen-bond acceptors (Lipinski definition) is 3. The van der Waals surface area contributed by atoms with Gasteiger partial charge in [0.2, 0.25) is 5.95 Å². The summed E-state index contributed by atoms with van der Waals surface area (Å²) >= 11 is 0. The van der Waals surface area contributed by atoms with Gasteiger partial charge >= 0.3 is 0 Å². The van der Waals surface area contributed by atoms with Crippen molar-refractivity contribution in [3.8, 4) is 56.7 Å². The SMILES string of the molecule is Bc1c(B)c(B)c2c(c1B)c1c(B)c3c4c(B)c(B)c(B)c(B)c4n(-c4nc(-c5ccccc5)nc(-c5ccccc5)n4)c3c(B)c1n2-c1ccc(-c2cccc(-c3ccccc3)c2)cc1. The van der Waals surface area contributed by atoms with Crippen LogP contribution in [0.5, 0.6) is 0 Å². The third-order valence-corrected chi connectivity index (χ3v) is 15.0. The van der Waals surface area contributed by atoms with Crippen LogP contribution in [-0.2, 0) is 0 Å². The van der Waals surface area contributed by atoms with E-state index in [1.54, 1.807) is 0 Å². The van der Waals surface area contributed by atoms with Crippen molar-refractivity contribution in [3.05, 3.63) is 140 Å². The summed E-state index contributed by atoms with van der Waals surface area (Å²) in [6.45, 7) is 0. The molecule has 0 unspecified atom stereocenters. The van der Waals surface area contributed by atoms with Gasteiger partial charge in [0.15, 0.2) is 11.6 Å². The Balaban J connectivity index is 1.27. The fourth-order valence-electron chi connectivity index (χ4n) is 10.8. The zero-order valence-corrected chi connectivity index (χ0v) is 39.5. The Morgan fingerprint density at radius 1 is 0.273 bits per heavy atom. The van der Waals surface area contributed by atoms with E-state index in [0.29, 0.717) is 17.6 Å². The molecule has 3 aromatic heterocycles. The van der Waals surface area contributed by atoms with Gasteiger partial charge in [-0.3, -0.25) is 4.57 Å². The molecular weight excluding hydrogens is 791 g/mol. The van der Waals surface area contributed by atoms with Gasteiger partial charge in [0, 0.05) is 44.1 Å². The topological polar surface area (TPSA) is 48.5 Å². The molecule has 11 rings (SSSR count). The predicted octanol–water partition coefficient (Wildman–Crippen LogP) is -4.68. The van der Waals surface area contributed by atoms with Gasteiger partial charge in [0.05, 0.1) is 5.52 Å². The Bertz CT molecular complexity index is 3740. The normalized spacial score (nSPS) is 11.6. The van der Waals surface area contributed by atoms with E-state index in [2.05, 4.69) is 191 Å². The molecule has 0 amide bonds. The Kier molecular flexibility index (Phi) is 10.0. The van der Waals surface area contributed by atoms with Crippen molar-refractivity contribution in [1.82, 2.24) is 24.1 Å². The lowest BCUT2D eigenvalue weighted by Crippen LogP contribution is -2.48. The fourth-order valence-corrected chi connectivity index (χ4v) is 10.8. The molecule has 0 aliphatic heterocycles. The molecule has 0 spiro atoms. The Hall–Kier alpha value is -6.98. The zero-order chi connectivity index (χ0) is 45.7. The van der Waals surface area contributed by atoms with Crippen LogP contribution in [0.1, 0.15) is 0 Å². The number of fused-ring (bicyclic) bond motifs is 6. The number of aromatic nitrogens is 5. The van der Waals surface area contributed by atoms with Gasteiger partial charge in [-0.2, -0.15) is 9.97 Å². The van der Waals surface area contributed by atoms with Crippen LogP contribution in [0.15, 0.2) is 140 Å². The van der Waals surface area contributed by atoms with Crippen molar-refractivity contribution in [1.29, 1.82) is 0 Å². The van der Waals surface area contributed by atoms with Crippen molar-refractivity contribution < 1.29 is 0 Å². The molecule has 3 heterocycles. The minimum atomic E-state index is 0.610. The molecule has 15 heteroatoms. The maximum absolute atomic E-state index is 5.42. The second-order valence-electron chi connectivity index (χ2n) is 18.3. The molecule has 0 fully saturated rings. The van der Waals surface area contributed by atoms with Crippen LogP contribution in [0, 0.1) is 0 Å². The molecule has 8 aromatic carbocycles. The molecule has 0 bridgehead atoms. The van der Waals surface area contributed by atoms with Crippen molar-refractivity contribution in [2.75, 3.05) is 0 Å². The number of rotatable bonds is 6. The average molecular weight is 834 g/mol. The maximum Gasteiger partial charge on any atom is 0.238 e. The van der Waals surface area contributed by atoms with Crippen molar-refractivity contribution in [3.63, 3.8) is 0 Å². The van der Waals surface area contributed by atoms with Crippen LogP contribution in [0.3, 0.4) is 0 Å². The smallest absolute Gasteiger partial charge is 0.238 e. The van der Waals surface area contributed by atoms with Crippen LogP contribution in [0.4, 0.5) is 0 Å². The lowest BCUT2D eigenvalue weighted by molar-refractivity contribution is 0.956. The second kappa shape index (κ2) is 15.9. The molecule has 0 saturated heterocycles. The van der Waals surface area contributed by atoms with Gasteiger partial charge in [0.1, 0.15) is 78.5 Å². The molecule has 302 valence electrons. The van der Waals surface area contributed by atoms with Crippen LogP contribution in [0.25, 0.3) is 100 Å². The number of hydrogen-bond donors (Lipinski definition) is 0. The van der Waals surface area contributed by atoms with E-state index in [9.17, 15) is 0 Å². The Morgan fingerprint density at radius 3 is 1.12 bits per heavy atom. The maximum atomic E-state index is 5.42. The molecule has 0 aliphatic rings. The largest absolute Gasteiger partial charge is 0.310 e. The third kappa shape index (κ3) is 6.26. The third-order valence-electron chi connectivity index (χ3n) is 15.0. The van der Waals surface area contributed by atoms with E-state index in [1.807, 2.05) is 36.4 Å². The van der Waals surface area contributed by atoms with Crippen molar-refractivity contribution >= 4 is 177 Å².